The number of rotatable bonds is 2. The second-order valence-electron chi connectivity index (χ2n) is 3.58. The van der Waals surface area contributed by atoms with E-state index in [0.717, 1.165) is 5.76 Å². The Bertz CT molecular complexity index is 234. The van der Waals surface area contributed by atoms with Crippen LogP contribution in [-0.4, -0.2) is 8.32 Å². The molecule has 3 heteroatoms. The van der Waals surface area contributed by atoms with Gasteiger partial charge < -0.3 is 8.84 Å². The smallest absolute Gasteiger partial charge is 0.270 e. The molecular formula is C8H14O2Si. The SMILES string of the molecule is Cc1ccc(O[Si](C)(C)C)o1. The lowest BCUT2D eigenvalue weighted by molar-refractivity contribution is 0.375. The third-order valence-electron chi connectivity index (χ3n) is 1.12. The fourth-order valence-corrected chi connectivity index (χ4v) is 1.48. The summed E-state index contributed by atoms with van der Waals surface area (Å²) >= 11 is 0. The first-order valence-electron chi connectivity index (χ1n) is 3.73. The molecule has 0 amide bonds. The van der Waals surface area contributed by atoms with E-state index in [1.54, 1.807) is 0 Å². The van der Waals surface area contributed by atoms with Crippen LogP contribution in [0.1, 0.15) is 5.76 Å². The first kappa shape index (κ1) is 8.39. The molecule has 0 unspecified atom stereocenters. The van der Waals surface area contributed by atoms with Gasteiger partial charge in [-0.3, -0.25) is 0 Å². The molecule has 0 aromatic carbocycles. The van der Waals surface area contributed by atoms with Crippen LogP contribution in [0.2, 0.25) is 19.6 Å². The molecular weight excluding hydrogens is 156 g/mol. The molecule has 0 N–H and O–H groups in total. The van der Waals surface area contributed by atoms with Crippen molar-refractivity contribution >= 4 is 8.32 Å². The van der Waals surface area contributed by atoms with Crippen molar-refractivity contribution in [3.8, 4) is 5.95 Å². The molecule has 0 saturated carbocycles. The highest BCUT2D eigenvalue weighted by molar-refractivity contribution is 6.70. The highest BCUT2D eigenvalue weighted by Gasteiger charge is 2.17. The Balaban J connectivity index is 2.65. The van der Waals surface area contributed by atoms with Gasteiger partial charge in [0.2, 0.25) is 8.32 Å². The van der Waals surface area contributed by atoms with E-state index in [0.29, 0.717) is 5.95 Å². The van der Waals surface area contributed by atoms with Gasteiger partial charge in [-0.15, -0.1) is 0 Å². The topological polar surface area (TPSA) is 22.4 Å². The molecule has 62 valence electrons. The fraction of sp³-hybridized carbons (Fsp3) is 0.500. The van der Waals surface area contributed by atoms with E-state index in [1.807, 2.05) is 19.1 Å². The Morgan fingerprint density at radius 1 is 1.27 bits per heavy atom. The standard InChI is InChI=1S/C8H14O2Si/c1-7-5-6-8(9-7)10-11(2,3)4/h5-6H,1-4H3. The van der Waals surface area contributed by atoms with Crippen LogP contribution in [-0.2, 0) is 0 Å². The Labute approximate surface area is 68.3 Å². The zero-order chi connectivity index (χ0) is 8.48. The van der Waals surface area contributed by atoms with Crippen LogP contribution < -0.4 is 4.43 Å². The van der Waals surface area contributed by atoms with Gasteiger partial charge in [-0.25, -0.2) is 0 Å². The maximum Gasteiger partial charge on any atom is 0.270 e. The van der Waals surface area contributed by atoms with Crippen molar-refractivity contribution < 1.29 is 8.84 Å². The normalized spacial score (nSPS) is 11.6. The highest BCUT2D eigenvalue weighted by atomic mass is 28.4. The molecule has 0 saturated heterocycles. The average Bonchev–Trinajstić information content (AvgIpc) is 2.10. The summed E-state index contributed by atoms with van der Waals surface area (Å²) in [4.78, 5) is 0. The molecule has 0 aliphatic rings. The van der Waals surface area contributed by atoms with Crippen molar-refractivity contribution in [3.05, 3.63) is 17.9 Å². The second-order valence-corrected chi connectivity index (χ2v) is 8.01. The van der Waals surface area contributed by atoms with E-state index in [2.05, 4.69) is 19.6 Å². The monoisotopic (exact) mass is 170 g/mol. The van der Waals surface area contributed by atoms with E-state index < -0.39 is 8.32 Å². The van der Waals surface area contributed by atoms with Gasteiger partial charge >= 0.3 is 0 Å². The summed E-state index contributed by atoms with van der Waals surface area (Å²) in [5.74, 6) is 1.56. The molecule has 0 aliphatic carbocycles. The maximum atomic E-state index is 5.59. The fourth-order valence-electron chi connectivity index (χ4n) is 0.769. The van der Waals surface area contributed by atoms with Crippen molar-refractivity contribution in [2.45, 2.75) is 26.6 Å². The van der Waals surface area contributed by atoms with Gasteiger partial charge in [0.05, 0.1) is 0 Å². The summed E-state index contributed by atoms with van der Waals surface area (Å²) < 4.78 is 10.9. The maximum absolute atomic E-state index is 5.59. The Hall–Kier alpha value is -0.703. The molecule has 0 aliphatic heterocycles. The first-order valence-corrected chi connectivity index (χ1v) is 7.14. The van der Waals surface area contributed by atoms with Crippen molar-refractivity contribution in [3.63, 3.8) is 0 Å². The van der Waals surface area contributed by atoms with E-state index in [1.165, 1.54) is 0 Å². The number of aryl methyl sites for hydroxylation is 1. The largest absolute Gasteiger partial charge is 0.519 e. The molecule has 2 nitrogen and oxygen atoms in total. The molecule has 0 atom stereocenters. The van der Waals surface area contributed by atoms with E-state index in [9.17, 15) is 0 Å². The van der Waals surface area contributed by atoms with Gasteiger partial charge in [-0.1, -0.05) is 0 Å². The highest BCUT2D eigenvalue weighted by Crippen LogP contribution is 2.18. The molecule has 11 heavy (non-hydrogen) atoms. The third-order valence-corrected chi connectivity index (χ3v) is 1.94. The zero-order valence-corrected chi connectivity index (χ0v) is 8.47. The van der Waals surface area contributed by atoms with Crippen LogP contribution in [0, 0.1) is 6.92 Å². The molecule has 1 heterocycles. The summed E-state index contributed by atoms with van der Waals surface area (Å²) in [6.07, 6.45) is 0. The van der Waals surface area contributed by atoms with Crippen LogP contribution in [0.3, 0.4) is 0 Å². The summed E-state index contributed by atoms with van der Waals surface area (Å²) in [6, 6.07) is 3.78. The van der Waals surface area contributed by atoms with Crippen LogP contribution in [0.4, 0.5) is 0 Å². The molecule has 0 bridgehead atoms. The molecule has 0 fully saturated rings. The predicted octanol–water partition coefficient (Wildman–Crippen LogP) is 2.80. The van der Waals surface area contributed by atoms with Gasteiger partial charge in [-0.05, 0) is 32.6 Å². The van der Waals surface area contributed by atoms with E-state index in [-0.39, 0.29) is 0 Å². The zero-order valence-electron chi connectivity index (χ0n) is 7.47. The molecule has 0 radical (unpaired) electrons. The minimum absolute atomic E-state index is 0.654. The van der Waals surface area contributed by atoms with Crippen molar-refractivity contribution in [1.29, 1.82) is 0 Å². The van der Waals surface area contributed by atoms with Crippen molar-refractivity contribution in [2.24, 2.45) is 0 Å². The van der Waals surface area contributed by atoms with Crippen molar-refractivity contribution in [2.75, 3.05) is 0 Å². The first-order chi connectivity index (χ1) is 4.97. The average molecular weight is 170 g/mol. The second kappa shape index (κ2) is 2.74. The van der Waals surface area contributed by atoms with Crippen LogP contribution in [0.5, 0.6) is 5.95 Å². The summed E-state index contributed by atoms with van der Waals surface area (Å²) in [6.45, 7) is 8.30. The summed E-state index contributed by atoms with van der Waals surface area (Å²) in [7, 11) is -1.48. The molecule has 0 spiro atoms. The lowest BCUT2D eigenvalue weighted by Gasteiger charge is -2.15. The van der Waals surface area contributed by atoms with E-state index >= 15 is 0 Å². The molecule has 1 aromatic rings. The minimum atomic E-state index is -1.48. The van der Waals surface area contributed by atoms with Crippen LogP contribution in [0.15, 0.2) is 16.5 Å². The third kappa shape index (κ3) is 2.80. The summed E-state index contributed by atoms with van der Waals surface area (Å²) in [5, 5.41) is 0. The number of furan rings is 1. The van der Waals surface area contributed by atoms with Crippen LogP contribution in [0.25, 0.3) is 0 Å². The van der Waals surface area contributed by atoms with Gasteiger partial charge in [0.15, 0.2) is 0 Å². The van der Waals surface area contributed by atoms with Crippen LogP contribution >= 0.6 is 0 Å². The lowest BCUT2D eigenvalue weighted by Crippen LogP contribution is -2.28. The Morgan fingerprint density at radius 2 is 1.91 bits per heavy atom. The predicted molar refractivity (Wildman–Crippen MR) is 47.4 cm³/mol. The van der Waals surface area contributed by atoms with Gasteiger partial charge in [-0.2, -0.15) is 0 Å². The van der Waals surface area contributed by atoms with Gasteiger partial charge in [0.1, 0.15) is 5.76 Å². The van der Waals surface area contributed by atoms with Gasteiger partial charge in [0.25, 0.3) is 5.95 Å². The lowest BCUT2D eigenvalue weighted by atomic mass is 10.5. The quantitative estimate of drug-likeness (QED) is 0.637. The molecule has 1 aromatic heterocycles. The Kier molecular flexibility index (Phi) is 2.09. The Morgan fingerprint density at radius 3 is 2.27 bits per heavy atom. The summed E-state index contributed by atoms with van der Waals surface area (Å²) in [5.41, 5.74) is 0. The number of hydrogen-bond acceptors (Lipinski definition) is 2. The van der Waals surface area contributed by atoms with Crippen molar-refractivity contribution in [1.82, 2.24) is 0 Å². The van der Waals surface area contributed by atoms with E-state index in [4.69, 9.17) is 8.84 Å². The molecule has 1 rings (SSSR count). The number of hydrogen-bond donors (Lipinski definition) is 0. The van der Waals surface area contributed by atoms with Gasteiger partial charge in [0, 0.05) is 6.07 Å². The minimum Gasteiger partial charge on any atom is -0.519 e.